The predicted molar refractivity (Wildman–Crippen MR) is 90.1 cm³/mol. The van der Waals surface area contributed by atoms with Crippen LogP contribution in [-0.2, 0) is 0 Å². The van der Waals surface area contributed by atoms with Crippen LogP contribution in [0, 0.1) is 26.1 Å². The van der Waals surface area contributed by atoms with Crippen molar-refractivity contribution in [3.8, 4) is 0 Å². The van der Waals surface area contributed by atoms with Gasteiger partial charge in [0.25, 0.3) is 5.69 Å². The van der Waals surface area contributed by atoms with Crippen LogP contribution in [0.4, 0.5) is 17.1 Å². The van der Waals surface area contributed by atoms with Crippen molar-refractivity contribution < 1.29 is 9.85 Å². The van der Waals surface area contributed by atoms with E-state index in [9.17, 15) is 20.2 Å². The van der Waals surface area contributed by atoms with E-state index in [2.05, 4.69) is 17.5 Å². The Morgan fingerprint density at radius 1 is 1.17 bits per heavy atom. The van der Waals surface area contributed by atoms with Crippen LogP contribution < -0.4 is 5.43 Å². The number of nitro benzene ring substituents is 2. The maximum Gasteiger partial charge on any atom is 0.301 e. The number of nitrogens with zero attached hydrogens (tertiary/aromatic N) is 3. The molecule has 0 radical (unpaired) electrons. The standard InChI is InChI=1S/C16H18N4O4/c1-10-8-15(13-5-3-2-4-12(10)13)18-17-14-7-6-11(19(21)22)9-16(14)20(23)24/h6-7,9-10,17H,2-5,8H2,1H3/b18-15-/t10-/m0/s1. The zero-order chi connectivity index (χ0) is 17.3. The fourth-order valence-electron chi connectivity index (χ4n) is 3.46. The Kier molecular flexibility index (Phi) is 4.28. The van der Waals surface area contributed by atoms with Gasteiger partial charge >= 0.3 is 5.69 Å². The van der Waals surface area contributed by atoms with E-state index in [1.54, 1.807) is 0 Å². The second-order valence-corrected chi connectivity index (χ2v) is 6.20. The topological polar surface area (TPSA) is 111 Å². The molecule has 0 saturated carbocycles. The van der Waals surface area contributed by atoms with E-state index in [1.165, 1.54) is 29.7 Å². The molecule has 8 heteroatoms. The smallest absolute Gasteiger partial charge is 0.271 e. The average Bonchev–Trinajstić information content (AvgIpc) is 2.89. The minimum Gasteiger partial charge on any atom is -0.271 e. The van der Waals surface area contributed by atoms with E-state index in [-0.39, 0.29) is 17.1 Å². The van der Waals surface area contributed by atoms with Crippen LogP contribution in [0.3, 0.4) is 0 Å². The number of allylic oxidation sites excluding steroid dienone is 2. The van der Waals surface area contributed by atoms with E-state index in [4.69, 9.17) is 0 Å². The molecule has 0 heterocycles. The van der Waals surface area contributed by atoms with E-state index >= 15 is 0 Å². The number of nitrogens with one attached hydrogen (secondary N) is 1. The van der Waals surface area contributed by atoms with Crippen LogP contribution in [-0.4, -0.2) is 15.6 Å². The predicted octanol–water partition coefficient (Wildman–Crippen LogP) is 4.18. The van der Waals surface area contributed by atoms with Crippen LogP contribution in [0.5, 0.6) is 0 Å². The highest BCUT2D eigenvalue weighted by Gasteiger charge is 2.29. The van der Waals surface area contributed by atoms with Gasteiger partial charge in [0.05, 0.1) is 21.6 Å². The first-order valence-corrected chi connectivity index (χ1v) is 7.95. The van der Waals surface area contributed by atoms with Gasteiger partial charge in [0.2, 0.25) is 0 Å². The monoisotopic (exact) mass is 330 g/mol. The minimum absolute atomic E-state index is 0.163. The Hall–Kier alpha value is -2.77. The van der Waals surface area contributed by atoms with E-state index in [0.29, 0.717) is 5.92 Å². The van der Waals surface area contributed by atoms with Gasteiger partial charge in [-0.15, -0.1) is 0 Å². The first-order chi connectivity index (χ1) is 11.5. The number of anilines is 1. The molecule has 0 fully saturated rings. The van der Waals surface area contributed by atoms with Crippen molar-refractivity contribution >= 4 is 22.8 Å². The summed E-state index contributed by atoms with van der Waals surface area (Å²) in [6, 6.07) is 3.51. The summed E-state index contributed by atoms with van der Waals surface area (Å²) in [5, 5.41) is 26.3. The van der Waals surface area contributed by atoms with Gasteiger partial charge in [0, 0.05) is 6.07 Å². The summed E-state index contributed by atoms with van der Waals surface area (Å²) in [7, 11) is 0. The quantitative estimate of drug-likeness (QED) is 0.657. The number of nitro groups is 2. The second-order valence-electron chi connectivity index (χ2n) is 6.20. The van der Waals surface area contributed by atoms with Crippen molar-refractivity contribution in [3.63, 3.8) is 0 Å². The summed E-state index contributed by atoms with van der Waals surface area (Å²) in [6.45, 7) is 2.18. The highest BCUT2D eigenvalue weighted by Crippen LogP contribution is 2.39. The molecular weight excluding hydrogens is 312 g/mol. The van der Waals surface area contributed by atoms with Crippen LogP contribution in [0.25, 0.3) is 0 Å². The van der Waals surface area contributed by atoms with Crippen molar-refractivity contribution in [3.05, 3.63) is 49.6 Å². The lowest BCUT2D eigenvalue weighted by atomic mass is 9.90. The van der Waals surface area contributed by atoms with Crippen molar-refractivity contribution in [2.45, 2.75) is 39.0 Å². The molecule has 0 saturated heterocycles. The number of hydrogen-bond donors (Lipinski definition) is 1. The Morgan fingerprint density at radius 2 is 1.92 bits per heavy atom. The minimum atomic E-state index is -0.652. The molecule has 3 rings (SSSR count). The van der Waals surface area contributed by atoms with Crippen LogP contribution in [0.15, 0.2) is 34.4 Å². The second kappa shape index (κ2) is 6.38. The van der Waals surface area contributed by atoms with E-state index < -0.39 is 9.85 Å². The van der Waals surface area contributed by atoms with E-state index in [1.807, 2.05) is 0 Å². The van der Waals surface area contributed by atoms with Gasteiger partial charge in [0.1, 0.15) is 5.69 Å². The Morgan fingerprint density at radius 3 is 2.62 bits per heavy atom. The molecule has 0 aliphatic heterocycles. The molecule has 2 aliphatic rings. The van der Waals surface area contributed by atoms with Crippen LogP contribution >= 0.6 is 0 Å². The fourth-order valence-corrected chi connectivity index (χ4v) is 3.46. The molecule has 0 amide bonds. The first-order valence-electron chi connectivity index (χ1n) is 7.95. The lowest BCUT2D eigenvalue weighted by Gasteiger charge is -2.15. The highest BCUT2D eigenvalue weighted by molar-refractivity contribution is 6.04. The maximum absolute atomic E-state index is 11.2. The maximum atomic E-state index is 11.2. The summed E-state index contributed by atoms with van der Waals surface area (Å²) in [5.41, 5.74) is 5.94. The molecule has 1 N–H and O–H groups in total. The average molecular weight is 330 g/mol. The van der Waals surface area contributed by atoms with Crippen molar-refractivity contribution in [2.75, 3.05) is 5.43 Å². The third kappa shape index (κ3) is 2.99. The van der Waals surface area contributed by atoms with Gasteiger partial charge in [-0.2, -0.15) is 5.10 Å². The number of benzene rings is 1. The highest BCUT2D eigenvalue weighted by atomic mass is 16.6. The zero-order valence-electron chi connectivity index (χ0n) is 13.3. The van der Waals surface area contributed by atoms with Crippen LogP contribution in [0.2, 0.25) is 0 Å². The zero-order valence-corrected chi connectivity index (χ0v) is 13.3. The molecule has 0 unspecified atom stereocenters. The summed E-state index contributed by atoms with van der Waals surface area (Å²) >= 11 is 0. The van der Waals surface area contributed by atoms with Crippen molar-refractivity contribution in [1.29, 1.82) is 0 Å². The van der Waals surface area contributed by atoms with Crippen molar-refractivity contribution in [2.24, 2.45) is 11.0 Å². The Labute approximate surface area is 138 Å². The van der Waals surface area contributed by atoms with Gasteiger partial charge in [0.15, 0.2) is 0 Å². The Balaban J connectivity index is 1.88. The number of hydrazone groups is 1. The van der Waals surface area contributed by atoms with Crippen LogP contribution in [0.1, 0.15) is 39.0 Å². The molecule has 0 spiro atoms. The summed E-state index contributed by atoms with van der Waals surface area (Å²) in [6.07, 6.45) is 5.29. The lowest BCUT2D eigenvalue weighted by molar-refractivity contribution is -0.393. The molecule has 126 valence electrons. The lowest BCUT2D eigenvalue weighted by Crippen LogP contribution is -2.05. The first kappa shape index (κ1) is 16.1. The normalized spacial score (nSPS) is 21.7. The molecule has 24 heavy (non-hydrogen) atoms. The SMILES string of the molecule is C[C@H]1C/C(=N/Nc2ccc([N+](=O)[O-])cc2[N+](=O)[O-])C2=C1CCCC2. The molecule has 0 aromatic heterocycles. The van der Waals surface area contributed by atoms with E-state index in [0.717, 1.165) is 37.5 Å². The van der Waals surface area contributed by atoms with Gasteiger partial charge < -0.3 is 0 Å². The summed E-state index contributed by atoms with van der Waals surface area (Å²) in [4.78, 5) is 20.6. The van der Waals surface area contributed by atoms with Gasteiger partial charge in [-0.3, -0.25) is 25.7 Å². The summed E-state index contributed by atoms with van der Waals surface area (Å²) < 4.78 is 0. The largest absolute Gasteiger partial charge is 0.301 e. The van der Waals surface area contributed by atoms with Gasteiger partial charge in [-0.1, -0.05) is 12.5 Å². The van der Waals surface area contributed by atoms with Gasteiger partial charge in [-0.25, -0.2) is 0 Å². The number of non-ortho nitro benzene ring substituents is 1. The van der Waals surface area contributed by atoms with Crippen molar-refractivity contribution in [1.82, 2.24) is 0 Å². The number of rotatable bonds is 4. The molecule has 8 nitrogen and oxygen atoms in total. The molecule has 1 atom stereocenters. The Bertz CT molecular complexity index is 769. The number of hydrogen-bond acceptors (Lipinski definition) is 6. The fraction of sp³-hybridized carbons (Fsp3) is 0.438. The summed E-state index contributed by atoms with van der Waals surface area (Å²) in [5.74, 6) is 0.465. The van der Waals surface area contributed by atoms with Gasteiger partial charge in [-0.05, 0) is 49.7 Å². The molecular formula is C16H18N4O4. The third-order valence-electron chi connectivity index (χ3n) is 4.65. The molecule has 0 bridgehead atoms. The molecule has 1 aromatic rings. The molecule has 1 aromatic carbocycles. The molecule has 2 aliphatic carbocycles. The third-order valence-corrected chi connectivity index (χ3v) is 4.65.